The molecule has 3 aromatic heterocycles. The van der Waals surface area contributed by atoms with Gasteiger partial charge in [-0.15, -0.1) is 5.10 Å². The van der Waals surface area contributed by atoms with Crippen molar-refractivity contribution in [3.05, 3.63) is 41.5 Å². The van der Waals surface area contributed by atoms with E-state index in [-0.39, 0.29) is 6.04 Å². The number of nitrogen functional groups attached to an aromatic ring is 1. The van der Waals surface area contributed by atoms with Crippen LogP contribution in [0.2, 0.25) is 0 Å². The van der Waals surface area contributed by atoms with Crippen LogP contribution in [0.15, 0.2) is 24.4 Å². The SMILES string of the molecule is Cc1cc(N)cc([C@@H](C)Nc2nnc(C)c3cnc(N4C[C@H]5CC[C@@H]4CN5C)cc23)n1. The molecule has 6 rings (SSSR count). The minimum atomic E-state index is -0.0568. The number of pyridine rings is 2. The quantitative estimate of drug-likeness (QED) is 0.667. The Morgan fingerprint density at radius 3 is 2.58 bits per heavy atom. The standard InChI is InChI=1S/C23H30N8/c1-13-7-16(24)8-21(26-13)15(3)27-23-19-9-22(25-10-20(19)14(2)28-29-23)31-12-17-5-6-18(31)11-30(17)4/h7-10,15,17-18H,5-6,11-12H2,1-4H3,(H2,24,26)(H,27,29)/t15-,17-,18-/m1/s1. The number of nitrogens with one attached hydrogen (secondary N) is 1. The second kappa shape index (κ2) is 7.60. The van der Waals surface area contributed by atoms with Gasteiger partial charge in [-0.2, -0.15) is 5.10 Å². The Kier molecular flexibility index (Phi) is 4.89. The molecule has 0 unspecified atom stereocenters. The lowest BCUT2D eigenvalue weighted by Gasteiger charge is -2.50. The van der Waals surface area contributed by atoms with Crippen molar-refractivity contribution in [1.82, 2.24) is 25.1 Å². The normalized spacial score (nSPS) is 22.1. The van der Waals surface area contributed by atoms with Crippen molar-refractivity contribution in [2.24, 2.45) is 0 Å². The van der Waals surface area contributed by atoms with Crippen molar-refractivity contribution in [1.29, 1.82) is 0 Å². The Bertz CT molecular complexity index is 1110. The molecule has 0 saturated carbocycles. The van der Waals surface area contributed by atoms with E-state index in [1.807, 2.05) is 32.2 Å². The van der Waals surface area contributed by atoms with Crippen LogP contribution in [-0.4, -0.2) is 57.3 Å². The Morgan fingerprint density at radius 1 is 1.06 bits per heavy atom. The molecule has 3 atom stereocenters. The monoisotopic (exact) mass is 418 g/mol. The summed E-state index contributed by atoms with van der Waals surface area (Å²) in [7, 11) is 2.23. The van der Waals surface area contributed by atoms with Gasteiger partial charge in [-0.1, -0.05) is 0 Å². The fourth-order valence-electron chi connectivity index (χ4n) is 4.97. The van der Waals surface area contributed by atoms with Gasteiger partial charge in [-0.25, -0.2) is 4.98 Å². The zero-order chi connectivity index (χ0) is 21.7. The molecule has 8 nitrogen and oxygen atoms in total. The summed E-state index contributed by atoms with van der Waals surface area (Å²) in [5.41, 5.74) is 9.42. The maximum absolute atomic E-state index is 6.03. The van der Waals surface area contributed by atoms with Crippen LogP contribution in [0, 0.1) is 13.8 Å². The maximum Gasteiger partial charge on any atom is 0.157 e. The summed E-state index contributed by atoms with van der Waals surface area (Å²) in [6, 6.07) is 7.02. The molecule has 3 N–H and O–H groups in total. The molecule has 0 spiro atoms. The Hall–Kier alpha value is -3.00. The van der Waals surface area contributed by atoms with Crippen molar-refractivity contribution in [3.8, 4) is 0 Å². The molecule has 3 aliphatic rings. The predicted octanol–water partition coefficient (Wildman–Crippen LogP) is 3.07. The number of piperidine rings is 2. The van der Waals surface area contributed by atoms with Gasteiger partial charge in [0.15, 0.2) is 5.82 Å². The van der Waals surface area contributed by atoms with Gasteiger partial charge >= 0.3 is 0 Å². The fraction of sp³-hybridized carbons (Fsp3) is 0.478. The molecule has 3 aromatic rings. The molecule has 8 heteroatoms. The number of anilines is 3. The van der Waals surface area contributed by atoms with E-state index in [2.05, 4.69) is 50.3 Å². The first-order valence-corrected chi connectivity index (χ1v) is 11.0. The minimum absolute atomic E-state index is 0.0568. The van der Waals surface area contributed by atoms with Crippen LogP contribution in [0.4, 0.5) is 17.3 Å². The highest BCUT2D eigenvalue weighted by Crippen LogP contribution is 2.34. The van der Waals surface area contributed by atoms with Crippen LogP contribution < -0.4 is 16.0 Å². The number of nitrogens with two attached hydrogens (primary N) is 1. The lowest BCUT2D eigenvalue weighted by atomic mass is 9.91. The van der Waals surface area contributed by atoms with E-state index in [1.54, 1.807) is 0 Å². The zero-order valence-electron chi connectivity index (χ0n) is 18.6. The molecule has 3 aliphatic heterocycles. The molecule has 0 aromatic carbocycles. The van der Waals surface area contributed by atoms with E-state index in [1.165, 1.54) is 12.8 Å². The summed E-state index contributed by atoms with van der Waals surface area (Å²) in [6.45, 7) is 8.12. The number of aromatic nitrogens is 4. The Labute approximate surface area is 182 Å². The third-order valence-corrected chi connectivity index (χ3v) is 6.72. The molecule has 6 heterocycles. The van der Waals surface area contributed by atoms with Crippen molar-refractivity contribution in [2.45, 2.75) is 51.7 Å². The van der Waals surface area contributed by atoms with Gasteiger partial charge < -0.3 is 16.0 Å². The van der Waals surface area contributed by atoms with Gasteiger partial charge in [0.05, 0.1) is 17.4 Å². The summed E-state index contributed by atoms with van der Waals surface area (Å²) in [4.78, 5) is 14.4. The molecule has 0 radical (unpaired) electrons. The van der Waals surface area contributed by atoms with Crippen molar-refractivity contribution >= 4 is 28.1 Å². The fourth-order valence-corrected chi connectivity index (χ4v) is 4.97. The summed E-state index contributed by atoms with van der Waals surface area (Å²) in [5.74, 6) is 1.77. The van der Waals surface area contributed by atoms with E-state index < -0.39 is 0 Å². The number of fused-ring (bicyclic) bond motifs is 4. The van der Waals surface area contributed by atoms with Gasteiger partial charge in [0.25, 0.3) is 0 Å². The average Bonchev–Trinajstić information content (AvgIpc) is 2.75. The third-order valence-electron chi connectivity index (χ3n) is 6.72. The molecular weight excluding hydrogens is 388 g/mol. The number of nitrogens with zero attached hydrogens (tertiary/aromatic N) is 6. The molecule has 3 saturated heterocycles. The highest BCUT2D eigenvalue weighted by molar-refractivity contribution is 5.94. The number of rotatable bonds is 4. The zero-order valence-corrected chi connectivity index (χ0v) is 18.6. The van der Waals surface area contributed by atoms with E-state index in [0.717, 1.165) is 52.6 Å². The van der Waals surface area contributed by atoms with Gasteiger partial charge in [0.2, 0.25) is 0 Å². The van der Waals surface area contributed by atoms with Crippen molar-refractivity contribution in [2.75, 3.05) is 36.1 Å². The van der Waals surface area contributed by atoms with Gasteiger partial charge in [-0.3, -0.25) is 9.88 Å². The van der Waals surface area contributed by atoms with Crippen LogP contribution in [0.25, 0.3) is 10.8 Å². The summed E-state index contributed by atoms with van der Waals surface area (Å²) >= 11 is 0. The van der Waals surface area contributed by atoms with Crippen LogP contribution in [0.3, 0.4) is 0 Å². The molecule has 31 heavy (non-hydrogen) atoms. The first-order valence-electron chi connectivity index (χ1n) is 11.0. The molecule has 0 amide bonds. The topological polar surface area (TPSA) is 96.1 Å². The largest absolute Gasteiger partial charge is 0.399 e. The number of piperazine rings is 1. The first kappa shape index (κ1) is 19.9. The summed E-state index contributed by atoms with van der Waals surface area (Å²) in [5, 5.41) is 14.4. The maximum atomic E-state index is 6.03. The second-order valence-corrected chi connectivity index (χ2v) is 9.03. The van der Waals surface area contributed by atoms with Crippen LogP contribution in [0.1, 0.15) is 42.9 Å². The Morgan fingerprint density at radius 2 is 1.87 bits per heavy atom. The summed E-state index contributed by atoms with van der Waals surface area (Å²) < 4.78 is 0. The highest BCUT2D eigenvalue weighted by Gasteiger charge is 2.37. The lowest BCUT2D eigenvalue weighted by molar-refractivity contribution is 0.124. The van der Waals surface area contributed by atoms with Gasteiger partial charge in [-0.05, 0) is 58.9 Å². The third kappa shape index (κ3) is 3.65. The van der Waals surface area contributed by atoms with E-state index in [4.69, 9.17) is 10.7 Å². The summed E-state index contributed by atoms with van der Waals surface area (Å²) in [6.07, 6.45) is 4.44. The van der Waals surface area contributed by atoms with Crippen molar-refractivity contribution < 1.29 is 0 Å². The first-order chi connectivity index (χ1) is 14.9. The van der Waals surface area contributed by atoms with E-state index in [9.17, 15) is 0 Å². The number of hydrogen-bond acceptors (Lipinski definition) is 8. The van der Waals surface area contributed by atoms with Gasteiger partial charge in [0.1, 0.15) is 5.82 Å². The minimum Gasteiger partial charge on any atom is -0.399 e. The van der Waals surface area contributed by atoms with Crippen LogP contribution in [-0.2, 0) is 0 Å². The van der Waals surface area contributed by atoms with Gasteiger partial charge in [0, 0.05) is 53.5 Å². The highest BCUT2D eigenvalue weighted by atomic mass is 15.3. The van der Waals surface area contributed by atoms with E-state index >= 15 is 0 Å². The Balaban J connectivity index is 1.50. The molecule has 3 fully saturated rings. The van der Waals surface area contributed by atoms with E-state index in [0.29, 0.717) is 17.8 Å². The molecule has 0 aliphatic carbocycles. The second-order valence-electron chi connectivity index (χ2n) is 9.03. The molecule has 162 valence electrons. The van der Waals surface area contributed by atoms with Crippen LogP contribution in [0.5, 0.6) is 0 Å². The predicted molar refractivity (Wildman–Crippen MR) is 124 cm³/mol. The average molecular weight is 419 g/mol. The lowest BCUT2D eigenvalue weighted by Crippen LogP contribution is -2.61. The van der Waals surface area contributed by atoms with Crippen LogP contribution >= 0.6 is 0 Å². The smallest absolute Gasteiger partial charge is 0.157 e. The number of aryl methyl sites for hydroxylation is 2. The van der Waals surface area contributed by atoms with Crippen molar-refractivity contribution in [3.63, 3.8) is 0 Å². The number of hydrogen-bond donors (Lipinski definition) is 2. The molecule has 2 bridgehead atoms. The number of likely N-dealkylation sites (N-methyl/N-ethyl adjacent to an activating group) is 1. The molecular formula is C23H30N8.